The van der Waals surface area contributed by atoms with Crippen molar-refractivity contribution in [3.05, 3.63) is 142 Å². The van der Waals surface area contributed by atoms with Crippen LogP contribution in [0.1, 0.15) is 82.4 Å². The fourth-order valence-corrected chi connectivity index (χ4v) is 7.17. The van der Waals surface area contributed by atoms with Gasteiger partial charge in [-0.3, -0.25) is 0 Å². The van der Waals surface area contributed by atoms with Crippen LogP contribution >= 0.6 is 0 Å². The molecular weight excluding hydrogens is 824 g/mol. The molecule has 0 unspecified atom stereocenters. The van der Waals surface area contributed by atoms with Crippen LogP contribution in [0.5, 0.6) is 0 Å². The minimum absolute atomic E-state index is 0.0863. The van der Waals surface area contributed by atoms with E-state index in [2.05, 4.69) is 0 Å². The van der Waals surface area contributed by atoms with Gasteiger partial charge in [0.1, 0.15) is 0 Å². The molecule has 4 aromatic rings. The van der Waals surface area contributed by atoms with E-state index in [9.17, 15) is 52.7 Å². The van der Waals surface area contributed by atoms with E-state index < -0.39 is 71.7 Å². The quantitative estimate of drug-likeness (QED) is 0.154. The molecule has 2 heterocycles. The van der Waals surface area contributed by atoms with Crippen molar-refractivity contribution in [1.82, 2.24) is 0 Å². The van der Waals surface area contributed by atoms with Crippen molar-refractivity contribution in [3.8, 4) is 0 Å². The SMILES string of the molecule is C[C@@H](O[C@@H]1OC[C@H](CN)[C@H]1c1ccccc1)c1cc(C(F)(F)F)cc(C(F)(F)F)c1.C[C@H](O[C@@H]1OC[C@H](CN)[C@H]1c1ccccc1)c1cc(C(F)(F)F)cc(C(F)(F)F)c1. The molecule has 2 fully saturated rings. The standard InChI is InChI=1S/2C21H21F6NO2/c2*1-12(14-7-16(20(22,23)24)9-17(8-14)21(25,26)27)30-19-18(15(10-28)11-29-19)13-5-3-2-4-6-13/h2*2-9,12,15,18-19H,10-11,28H2,1H3/t12-,15+,18-,19+;12-,15-,18+,19-/m10/s1. The summed E-state index contributed by atoms with van der Waals surface area (Å²) in [5, 5.41) is 0. The zero-order chi connectivity index (χ0) is 44.2. The van der Waals surface area contributed by atoms with Crippen LogP contribution in [0.4, 0.5) is 52.7 Å². The minimum atomic E-state index is -4.92. The van der Waals surface area contributed by atoms with Gasteiger partial charge < -0.3 is 30.4 Å². The third kappa shape index (κ3) is 11.6. The van der Waals surface area contributed by atoms with Gasteiger partial charge in [-0.05, 0) is 85.6 Å². The molecule has 2 aliphatic heterocycles. The molecule has 328 valence electrons. The largest absolute Gasteiger partial charge is 0.416 e. The van der Waals surface area contributed by atoms with Gasteiger partial charge >= 0.3 is 24.7 Å². The van der Waals surface area contributed by atoms with Crippen molar-refractivity contribution in [2.75, 3.05) is 26.3 Å². The highest BCUT2D eigenvalue weighted by Gasteiger charge is 2.43. The molecule has 18 heteroatoms. The molecule has 6 nitrogen and oxygen atoms in total. The van der Waals surface area contributed by atoms with Crippen LogP contribution in [0.25, 0.3) is 0 Å². The Kier molecular flexibility index (Phi) is 14.7. The monoisotopic (exact) mass is 866 g/mol. The number of nitrogens with two attached hydrogens (primary N) is 2. The van der Waals surface area contributed by atoms with Crippen molar-refractivity contribution < 1.29 is 71.6 Å². The molecule has 4 N–H and O–H groups in total. The maximum atomic E-state index is 13.1. The van der Waals surface area contributed by atoms with Crippen LogP contribution in [0.2, 0.25) is 0 Å². The molecule has 4 aromatic carbocycles. The number of ether oxygens (including phenoxy) is 4. The van der Waals surface area contributed by atoms with Crippen LogP contribution in [-0.2, 0) is 43.7 Å². The van der Waals surface area contributed by atoms with Gasteiger partial charge in [0.25, 0.3) is 0 Å². The maximum absolute atomic E-state index is 13.1. The second kappa shape index (κ2) is 18.8. The van der Waals surface area contributed by atoms with E-state index in [4.69, 9.17) is 30.4 Å². The van der Waals surface area contributed by atoms with Gasteiger partial charge in [-0.2, -0.15) is 52.7 Å². The summed E-state index contributed by atoms with van der Waals surface area (Å²) < 4.78 is 181. The van der Waals surface area contributed by atoms with Crippen molar-refractivity contribution in [1.29, 1.82) is 0 Å². The van der Waals surface area contributed by atoms with Crippen molar-refractivity contribution in [2.45, 2.75) is 75.2 Å². The predicted molar refractivity (Wildman–Crippen MR) is 195 cm³/mol. The molecule has 0 radical (unpaired) electrons. The molecule has 2 saturated heterocycles. The summed E-state index contributed by atoms with van der Waals surface area (Å²) in [6.07, 6.45) is -23.5. The second-order valence-electron chi connectivity index (χ2n) is 14.5. The van der Waals surface area contributed by atoms with E-state index in [1.807, 2.05) is 60.7 Å². The summed E-state index contributed by atoms with van der Waals surface area (Å²) in [6.45, 7) is 3.96. The van der Waals surface area contributed by atoms with Gasteiger partial charge in [-0.15, -0.1) is 0 Å². The first-order chi connectivity index (χ1) is 28.0. The highest BCUT2D eigenvalue weighted by atomic mass is 19.4. The van der Waals surface area contributed by atoms with Gasteiger partial charge in [-0.25, -0.2) is 0 Å². The molecule has 60 heavy (non-hydrogen) atoms. The van der Waals surface area contributed by atoms with Gasteiger partial charge in [-0.1, -0.05) is 60.7 Å². The average molecular weight is 867 g/mol. The van der Waals surface area contributed by atoms with E-state index in [0.717, 1.165) is 11.1 Å². The number of hydrogen-bond acceptors (Lipinski definition) is 6. The summed E-state index contributed by atoms with van der Waals surface area (Å²) in [5.41, 5.74) is 7.40. The maximum Gasteiger partial charge on any atom is 0.416 e. The summed E-state index contributed by atoms with van der Waals surface area (Å²) in [6, 6.07) is 21.3. The highest BCUT2D eigenvalue weighted by Crippen LogP contribution is 2.43. The lowest BCUT2D eigenvalue weighted by Gasteiger charge is -2.26. The first-order valence-corrected chi connectivity index (χ1v) is 18.6. The smallest absolute Gasteiger partial charge is 0.352 e. The number of benzene rings is 4. The van der Waals surface area contributed by atoms with Gasteiger partial charge in [0.15, 0.2) is 12.6 Å². The summed E-state index contributed by atoms with van der Waals surface area (Å²) in [4.78, 5) is 0. The van der Waals surface area contributed by atoms with Crippen molar-refractivity contribution in [2.24, 2.45) is 23.3 Å². The lowest BCUT2D eigenvalue weighted by atomic mass is 9.88. The van der Waals surface area contributed by atoms with Crippen LogP contribution in [0.3, 0.4) is 0 Å². The Bertz CT molecular complexity index is 1780. The lowest BCUT2D eigenvalue weighted by Crippen LogP contribution is -2.26. The molecule has 0 bridgehead atoms. The van der Waals surface area contributed by atoms with E-state index in [1.165, 1.54) is 13.8 Å². The van der Waals surface area contributed by atoms with Crippen LogP contribution in [-0.4, -0.2) is 38.9 Å². The van der Waals surface area contributed by atoms with Crippen molar-refractivity contribution >= 4 is 0 Å². The van der Waals surface area contributed by atoms with E-state index >= 15 is 0 Å². The van der Waals surface area contributed by atoms with Crippen LogP contribution in [0.15, 0.2) is 97.1 Å². The molecular formula is C42H42F12N2O4. The normalized spacial score (nSPS) is 23.5. The average Bonchev–Trinajstić information content (AvgIpc) is 3.80. The summed E-state index contributed by atoms with van der Waals surface area (Å²) >= 11 is 0. The van der Waals surface area contributed by atoms with Crippen LogP contribution < -0.4 is 11.5 Å². The molecule has 0 saturated carbocycles. The molecule has 0 aliphatic carbocycles. The van der Waals surface area contributed by atoms with Gasteiger partial charge in [0, 0.05) is 23.7 Å². The number of halogens is 12. The Labute approximate surface area is 337 Å². The third-order valence-corrected chi connectivity index (χ3v) is 10.4. The lowest BCUT2D eigenvalue weighted by molar-refractivity contribution is -0.151. The van der Waals surface area contributed by atoms with Gasteiger partial charge in [0.05, 0.1) is 47.7 Å². The van der Waals surface area contributed by atoms with E-state index in [1.54, 1.807) is 0 Å². The predicted octanol–water partition coefficient (Wildman–Crippen LogP) is 11.0. The van der Waals surface area contributed by atoms with Crippen LogP contribution in [0, 0.1) is 11.8 Å². The second-order valence-corrected chi connectivity index (χ2v) is 14.5. The van der Waals surface area contributed by atoms with E-state index in [-0.39, 0.29) is 60.1 Å². The number of hydrogen-bond donors (Lipinski definition) is 2. The zero-order valence-electron chi connectivity index (χ0n) is 32.0. The van der Waals surface area contributed by atoms with Crippen molar-refractivity contribution in [3.63, 3.8) is 0 Å². The fraction of sp³-hybridized carbons (Fsp3) is 0.429. The molecule has 2 aliphatic rings. The zero-order valence-corrected chi connectivity index (χ0v) is 32.0. The Hall–Kier alpha value is -4.20. The van der Waals surface area contributed by atoms with E-state index in [0.29, 0.717) is 37.4 Å². The van der Waals surface area contributed by atoms with Gasteiger partial charge in [0.2, 0.25) is 0 Å². The molecule has 0 aromatic heterocycles. The highest BCUT2D eigenvalue weighted by molar-refractivity contribution is 5.36. The fourth-order valence-electron chi connectivity index (χ4n) is 7.17. The summed E-state index contributed by atoms with van der Waals surface area (Å²) in [7, 11) is 0. The first-order valence-electron chi connectivity index (χ1n) is 18.6. The molecule has 8 atom stereocenters. The Morgan fingerprint density at radius 2 is 0.783 bits per heavy atom. The Morgan fingerprint density at radius 3 is 1.03 bits per heavy atom. The molecule has 0 amide bonds. The number of alkyl halides is 12. The Balaban J connectivity index is 0.000000228. The molecule has 0 spiro atoms. The molecule has 6 rings (SSSR count). The first kappa shape index (κ1) is 46.9. The minimum Gasteiger partial charge on any atom is -0.352 e. The Morgan fingerprint density at radius 1 is 0.500 bits per heavy atom. The third-order valence-electron chi connectivity index (χ3n) is 10.4. The summed E-state index contributed by atoms with van der Waals surface area (Å²) in [5.74, 6) is -0.744. The number of rotatable bonds is 10. The topological polar surface area (TPSA) is 89.0 Å².